The fourth-order valence-electron chi connectivity index (χ4n) is 16.5. The Labute approximate surface area is 834 Å². The Balaban J connectivity index is 0.000000148. The first-order chi connectivity index (χ1) is 69.7. The number of nitrogens with two attached hydrogens (primary N) is 10. The molecule has 0 saturated carbocycles. The van der Waals surface area contributed by atoms with Crippen molar-refractivity contribution >= 4 is 185 Å². The zero-order valence-electron chi connectivity index (χ0n) is 78.7. The molecule has 6 aliphatic heterocycles. The topological polar surface area (TPSA) is 759 Å². The molecule has 20 N–H and O–H groups in total. The summed E-state index contributed by atoms with van der Waals surface area (Å²) in [6.07, 6.45) is -0.268. The number of benzene rings is 12. The zero-order valence-corrected chi connectivity index (χ0v) is 78.7. The van der Waals surface area contributed by atoms with Crippen molar-refractivity contribution in [2.45, 2.75) is 38.5 Å². The number of ketones is 6. The minimum absolute atomic E-state index is 0.0194. The Morgan fingerprint density at radius 1 is 0.209 bits per heavy atom. The molecule has 12 aromatic carbocycles. The molecule has 0 atom stereocenters. The third-order valence-electron chi connectivity index (χ3n) is 24.0. The number of imide groups is 6. The van der Waals surface area contributed by atoms with Crippen molar-refractivity contribution < 1.29 is 106 Å². The van der Waals surface area contributed by atoms with E-state index in [1.165, 1.54) is 151 Å². The Morgan fingerprint density at radius 2 is 0.426 bits per heavy atom. The molecule has 0 fully saturated rings. The van der Waals surface area contributed by atoms with Crippen LogP contribution in [0.5, 0.6) is 0 Å². The van der Waals surface area contributed by atoms with Gasteiger partial charge in [-0.05, 0) is 173 Å². The Hall–Kier alpha value is -20.9. The average Bonchev–Trinajstić information content (AvgIpc) is 1.65. The number of amides is 12. The molecule has 0 saturated heterocycles. The summed E-state index contributed by atoms with van der Waals surface area (Å²) in [5.41, 5.74) is 66.0. The molecule has 148 heavy (non-hydrogen) atoms. The zero-order chi connectivity index (χ0) is 108. The van der Waals surface area contributed by atoms with Gasteiger partial charge in [0.25, 0.3) is 93.6 Å². The lowest BCUT2D eigenvalue weighted by Gasteiger charge is -2.07. The standard InChI is InChI=1S/C17H12N4O7.C17H16N4O3.2C17H13N3O5.2C17H15N3O3/c1-19-16(23)12-2-8(3-13(18)15(12)17(19)24)4-14(22)9-5-10(20(25)26)7-11(6-9)21(27)28;1-21-16(23)12-2-8(3-13(20)15(12)17(21)24)4-14(22)9-5-10(18)7-11(19)6-9;1-19-16(22)12-6-9(7-13(18)15(12)17(19)23)8-14(21)10-2-4-11(5-3-10)20(24)25;1-19-16(22)12-5-9(6-13(18)15(12)17(19)23)7-14(21)10-3-2-4-11(8-10)20(24)25;1-20-16(22)12-6-9(7-13(19)15(12)17(20)23)8-14(21)10-2-4-11(18)5-3-10;1-20-16(22)12-5-9(6-13(19)15(12)17(20)23)7-14(21)10-3-2-4-11(18)8-10/h2-3,5-7H,4,18H2,1H3;2-3,5-7H,4,18-20H2,1H3;2-7H,8,18H2,1H3;2-6,8H,7,18H2,1H3;2-7H,8,18-19H2,1H3;2-6,8H,7,18-19H2,1H3. The van der Waals surface area contributed by atoms with Crippen molar-refractivity contribution in [3.63, 3.8) is 0 Å². The van der Waals surface area contributed by atoms with E-state index in [2.05, 4.69) is 0 Å². The number of nitrogens with zero attached hydrogens (tertiary/aromatic N) is 10. The van der Waals surface area contributed by atoms with Crippen LogP contribution in [0, 0.1) is 40.5 Å². The molecular formula is C102H84N20O26. The van der Waals surface area contributed by atoms with Gasteiger partial charge in [0.05, 0.1) is 92.5 Å². The van der Waals surface area contributed by atoms with Gasteiger partial charge < -0.3 is 57.3 Å². The van der Waals surface area contributed by atoms with Crippen LogP contribution in [0.3, 0.4) is 0 Å². The summed E-state index contributed by atoms with van der Waals surface area (Å²) in [6, 6.07) is 49.1. The molecular weight excluding hydrogens is 1920 g/mol. The lowest BCUT2D eigenvalue weighted by atomic mass is 9.97. The van der Waals surface area contributed by atoms with Crippen molar-refractivity contribution in [2.24, 2.45) is 0 Å². The molecule has 0 aliphatic carbocycles. The molecule has 0 radical (unpaired) electrons. The van der Waals surface area contributed by atoms with E-state index in [1.807, 2.05) is 0 Å². The van der Waals surface area contributed by atoms with Crippen molar-refractivity contribution in [1.82, 2.24) is 29.4 Å². The third kappa shape index (κ3) is 21.5. The van der Waals surface area contributed by atoms with Crippen LogP contribution < -0.4 is 57.3 Å². The third-order valence-corrected chi connectivity index (χ3v) is 24.0. The monoisotopic (exact) mass is 2000 g/mol. The minimum Gasteiger partial charge on any atom is -0.399 e. The van der Waals surface area contributed by atoms with Gasteiger partial charge in [0.2, 0.25) is 0 Å². The van der Waals surface area contributed by atoms with E-state index in [0.717, 1.165) is 47.6 Å². The number of carbonyl (C=O) groups excluding carboxylic acids is 18. The van der Waals surface area contributed by atoms with E-state index in [-0.39, 0.29) is 191 Å². The van der Waals surface area contributed by atoms with Gasteiger partial charge >= 0.3 is 0 Å². The van der Waals surface area contributed by atoms with Gasteiger partial charge in [-0.15, -0.1) is 0 Å². The number of anilines is 10. The number of carbonyl (C=O) groups is 18. The minimum atomic E-state index is -0.836. The van der Waals surface area contributed by atoms with Crippen LogP contribution in [0.2, 0.25) is 0 Å². The first kappa shape index (κ1) is 104. The van der Waals surface area contributed by atoms with Crippen LogP contribution in [0.1, 0.15) is 220 Å². The molecule has 12 aromatic rings. The van der Waals surface area contributed by atoms with Gasteiger partial charge in [-0.1, -0.05) is 24.3 Å². The maximum Gasteiger partial charge on any atom is 0.277 e. The number of hydrogen-bond donors (Lipinski definition) is 10. The second kappa shape index (κ2) is 41.9. The van der Waals surface area contributed by atoms with Crippen molar-refractivity contribution in [1.29, 1.82) is 0 Å². The first-order valence-electron chi connectivity index (χ1n) is 43.7. The number of hydrogen-bond acceptors (Lipinski definition) is 36. The summed E-state index contributed by atoms with van der Waals surface area (Å²) < 4.78 is 0. The number of nitrogen functional groups attached to an aromatic ring is 10. The molecule has 0 bridgehead atoms. The van der Waals surface area contributed by atoms with Crippen LogP contribution in [0.4, 0.5) is 79.6 Å². The Morgan fingerprint density at radius 3 is 0.682 bits per heavy atom. The van der Waals surface area contributed by atoms with Crippen molar-refractivity contribution in [3.8, 4) is 0 Å². The highest BCUT2D eigenvalue weighted by atomic mass is 16.6. The average molecular weight is 2010 g/mol. The number of non-ortho nitro benzene ring substituents is 4. The Bertz CT molecular complexity index is 7900. The SMILES string of the molecule is CN1C(=O)c2cc(CC(=O)c3cc(N)cc(N)c3)cc(N)c2C1=O.CN1C(=O)c2cc(CC(=O)c3cc([N+](=O)[O-])cc([N+](=O)[O-])c3)cc(N)c2C1=O.CN1C(=O)c2cc(CC(=O)c3ccc(N)cc3)cc(N)c2C1=O.CN1C(=O)c2cc(CC(=O)c3ccc([N+](=O)[O-])cc3)cc(N)c2C1=O.CN1C(=O)c2cc(CC(=O)c3cccc(N)c3)cc(N)c2C1=O.CN1C(=O)c2cc(CC(=O)c3cccc([N+](=O)[O-])c3)cc(N)c2C1=O. The first-order valence-corrected chi connectivity index (χ1v) is 43.7. The highest BCUT2D eigenvalue weighted by molar-refractivity contribution is 6.28. The summed E-state index contributed by atoms with van der Waals surface area (Å²) in [7, 11) is 8.23. The van der Waals surface area contributed by atoms with Gasteiger partial charge in [-0.2, -0.15) is 0 Å². The molecule has 6 aliphatic rings. The number of nitro benzene ring substituents is 4. The van der Waals surface area contributed by atoms with Crippen LogP contribution in [0.15, 0.2) is 206 Å². The largest absolute Gasteiger partial charge is 0.399 e. The molecule has 748 valence electrons. The molecule has 46 heteroatoms. The molecule has 0 spiro atoms. The van der Waals surface area contributed by atoms with Crippen molar-refractivity contribution in [3.05, 3.63) is 380 Å². The summed E-state index contributed by atoms with van der Waals surface area (Å²) in [5.74, 6) is -7.25. The summed E-state index contributed by atoms with van der Waals surface area (Å²) >= 11 is 0. The summed E-state index contributed by atoms with van der Waals surface area (Å²) in [5, 5.41) is 43.4. The smallest absolute Gasteiger partial charge is 0.277 e. The fraction of sp³-hybridized carbons (Fsp3) is 0.118. The number of nitro groups is 4. The molecule has 12 amide bonds. The maximum atomic E-state index is 12.5. The lowest BCUT2D eigenvalue weighted by molar-refractivity contribution is -0.394. The van der Waals surface area contributed by atoms with Gasteiger partial charge in [0.15, 0.2) is 34.7 Å². The van der Waals surface area contributed by atoms with Gasteiger partial charge in [-0.3, -0.25) is 156 Å². The fourth-order valence-corrected chi connectivity index (χ4v) is 16.5. The van der Waals surface area contributed by atoms with Crippen LogP contribution in [0.25, 0.3) is 0 Å². The predicted molar refractivity (Wildman–Crippen MR) is 535 cm³/mol. The van der Waals surface area contributed by atoms with Crippen LogP contribution in [-0.2, 0) is 38.5 Å². The van der Waals surface area contributed by atoms with Crippen molar-refractivity contribution in [2.75, 3.05) is 99.6 Å². The number of fused-ring (bicyclic) bond motifs is 6. The normalized spacial score (nSPS) is 13.1. The van der Waals surface area contributed by atoms with Crippen LogP contribution >= 0.6 is 0 Å². The van der Waals surface area contributed by atoms with E-state index < -0.39 is 108 Å². The second-order valence-corrected chi connectivity index (χ2v) is 34.3. The molecule has 46 nitrogen and oxygen atoms in total. The summed E-state index contributed by atoms with van der Waals surface area (Å²) in [4.78, 5) is 265. The summed E-state index contributed by atoms with van der Waals surface area (Å²) in [6.45, 7) is 0. The quantitative estimate of drug-likeness (QED) is 0.00992. The van der Waals surface area contributed by atoms with E-state index in [0.29, 0.717) is 78.4 Å². The number of rotatable bonds is 22. The maximum absolute atomic E-state index is 12.5. The predicted octanol–water partition coefficient (Wildman–Crippen LogP) is 9.48. The van der Waals surface area contributed by atoms with Crippen LogP contribution in [-0.4, -0.2) is 197 Å². The van der Waals surface area contributed by atoms with Gasteiger partial charge in [0.1, 0.15) is 0 Å². The number of Topliss-reactive ketones (excluding diaryl/α,β-unsaturated/α-hetero) is 6. The molecule has 0 unspecified atom stereocenters. The van der Waals surface area contributed by atoms with E-state index in [9.17, 15) is 127 Å². The lowest BCUT2D eigenvalue weighted by Crippen LogP contribution is -2.24. The Kier molecular flexibility index (Phi) is 29.6. The molecule has 18 rings (SSSR count). The highest BCUT2D eigenvalue weighted by Gasteiger charge is 2.42. The van der Waals surface area contributed by atoms with Gasteiger partial charge in [0, 0.05) is 207 Å². The molecule has 0 aromatic heterocycles. The molecule has 6 heterocycles. The highest BCUT2D eigenvalue weighted by Crippen LogP contribution is 2.38. The van der Waals surface area contributed by atoms with E-state index in [4.69, 9.17) is 57.3 Å². The van der Waals surface area contributed by atoms with E-state index >= 15 is 0 Å². The van der Waals surface area contributed by atoms with E-state index in [1.54, 1.807) is 78.9 Å². The van der Waals surface area contributed by atoms with Gasteiger partial charge in [-0.25, -0.2) is 0 Å². The second-order valence-electron chi connectivity index (χ2n) is 34.3.